The zero-order valence-electron chi connectivity index (χ0n) is 14.8. The highest BCUT2D eigenvalue weighted by Crippen LogP contribution is 2.29. The minimum absolute atomic E-state index is 0.126. The fourth-order valence-corrected chi connectivity index (χ4v) is 5.29. The average Bonchev–Trinajstić information content (AvgIpc) is 3.26. The molecule has 0 aliphatic heterocycles. The number of nitrogens with zero attached hydrogens (tertiary/aromatic N) is 2. The second-order valence-electron chi connectivity index (χ2n) is 6.84. The van der Waals surface area contributed by atoms with Crippen molar-refractivity contribution in [2.45, 2.75) is 56.0 Å². The molecule has 0 saturated heterocycles. The molecule has 0 amide bonds. The topological polar surface area (TPSA) is 110 Å². The highest BCUT2D eigenvalue weighted by atomic mass is 32.2. The molecule has 1 aliphatic rings. The third-order valence-corrected chi connectivity index (χ3v) is 7.20. The summed E-state index contributed by atoms with van der Waals surface area (Å²) < 4.78 is 27.4. The third-order valence-electron chi connectivity index (χ3n) is 4.72. The summed E-state index contributed by atoms with van der Waals surface area (Å²) in [6.07, 6.45) is 6.51. The van der Waals surface area contributed by atoms with E-state index in [1.807, 2.05) is 12.1 Å². The first-order valence-corrected chi connectivity index (χ1v) is 11.2. The van der Waals surface area contributed by atoms with E-state index in [1.54, 1.807) is 12.1 Å². The van der Waals surface area contributed by atoms with Crippen LogP contribution in [0.5, 0.6) is 0 Å². The maximum Gasteiger partial charge on any atom is 0.291 e. The van der Waals surface area contributed by atoms with Gasteiger partial charge in [-0.25, -0.2) is 0 Å². The van der Waals surface area contributed by atoms with Crippen molar-refractivity contribution < 1.29 is 8.42 Å². The summed E-state index contributed by atoms with van der Waals surface area (Å²) in [6, 6.07) is 7.77. The smallest absolute Gasteiger partial charge is 0.291 e. The molecule has 1 saturated carbocycles. The minimum atomic E-state index is -3.79. The van der Waals surface area contributed by atoms with E-state index in [0.29, 0.717) is 18.3 Å². The SMILES string of the molecule is C[C@@H](CC1CCCC1)NCc1ccccc1NS(=O)(=O)c1nnc(N)s1. The van der Waals surface area contributed by atoms with Gasteiger partial charge in [0.05, 0.1) is 5.69 Å². The van der Waals surface area contributed by atoms with Crippen LogP contribution in [0, 0.1) is 5.92 Å². The van der Waals surface area contributed by atoms with E-state index < -0.39 is 10.0 Å². The Balaban J connectivity index is 1.64. The summed E-state index contributed by atoms with van der Waals surface area (Å²) in [7, 11) is -3.79. The molecule has 4 N–H and O–H groups in total. The quantitative estimate of drug-likeness (QED) is 0.634. The van der Waals surface area contributed by atoms with Gasteiger partial charge in [0.15, 0.2) is 0 Å². The molecule has 0 spiro atoms. The maximum absolute atomic E-state index is 12.5. The highest BCUT2D eigenvalue weighted by Gasteiger charge is 2.21. The van der Waals surface area contributed by atoms with Crippen molar-refractivity contribution in [1.29, 1.82) is 0 Å². The van der Waals surface area contributed by atoms with E-state index in [9.17, 15) is 8.42 Å². The molecule has 0 unspecified atom stereocenters. The van der Waals surface area contributed by atoms with Crippen LogP contribution >= 0.6 is 11.3 Å². The highest BCUT2D eigenvalue weighted by molar-refractivity contribution is 7.94. The molecule has 1 aromatic carbocycles. The summed E-state index contributed by atoms with van der Waals surface area (Å²) in [6.45, 7) is 2.79. The van der Waals surface area contributed by atoms with E-state index in [2.05, 4.69) is 27.2 Å². The molecule has 7 nitrogen and oxygen atoms in total. The van der Waals surface area contributed by atoms with Crippen LogP contribution < -0.4 is 15.8 Å². The van der Waals surface area contributed by atoms with Gasteiger partial charge in [-0.15, -0.1) is 10.2 Å². The predicted octanol–water partition coefficient (Wildman–Crippen LogP) is 2.98. The van der Waals surface area contributed by atoms with Gasteiger partial charge in [-0.2, -0.15) is 8.42 Å². The molecule has 1 atom stereocenters. The first kappa shape index (κ1) is 19.1. The number of sulfonamides is 1. The van der Waals surface area contributed by atoms with Crippen molar-refractivity contribution in [1.82, 2.24) is 15.5 Å². The second-order valence-corrected chi connectivity index (χ2v) is 9.70. The Bertz CT molecular complexity index is 831. The van der Waals surface area contributed by atoms with Crippen molar-refractivity contribution in [3.63, 3.8) is 0 Å². The number of benzene rings is 1. The van der Waals surface area contributed by atoms with Gasteiger partial charge in [0.25, 0.3) is 14.4 Å². The van der Waals surface area contributed by atoms with Crippen LogP contribution in [0.4, 0.5) is 10.8 Å². The number of rotatable bonds is 8. The van der Waals surface area contributed by atoms with Gasteiger partial charge < -0.3 is 11.1 Å². The lowest BCUT2D eigenvalue weighted by Gasteiger charge is -2.19. The van der Waals surface area contributed by atoms with Crippen molar-refractivity contribution in [2.75, 3.05) is 10.5 Å². The lowest BCUT2D eigenvalue weighted by Crippen LogP contribution is -2.28. The number of nitrogen functional groups attached to an aromatic ring is 1. The standard InChI is InChI=1S/C17H25N5O2S2/c1-12(10-13-6-2-3-7-13)19-11-14-8-4-5-9-15(14)22-26(23,24)17-21-20-16(18)25-17/h4-5,8-9,12-13,19,22H,2-3,6-7,10-11H2,1H3,(H2,18,20)/t12-/m0/s1. The molecule has 1 heterocycles. The summed E-state index contributed by atoms with van der Waals surface area (Å²) in [5, 5.41) is 10.8. The van der Waals surface area contributed by atoms with Gasteiger partial charge in [0.2, 0.25) is 5.13 Å². The molecule has 1 fully saturated rings. The molecular formula is C17H25N5O2S2. The fourth-order valence-electron chi connectivity index (χ4n) is 3.41. The van der Waals surface area contributed by atoms with Crippen molar-refractivity contribution >= 4 is 32.2 Å². The molecule has 0 bridgehead atoms. The van der Waals surface area contributed by atoms with Gasteiger partial charge in [-0.1, -0.05) is 55.2 Å². The van der Waals surface area contributed by atoms with Gasteiger partial charge in [0, 0.05) is 12.6 Å². The number of hydrogen-bond acceptors (Lipinski definition) is 7. The number of aromatic nitrogens is 2. The van der Waals surface area contributed by atoms with Crippen LogP contribution in [0.25, 0.3) is 0 Å². The zero-order valence-corrected chi connectivity index (χ0v) is 16.4. The summed E-state index contributed by atoms with van der Waals surface area (Å²) >= 11 is 0.845. The van der Waals surface area contributed by atoms with E-state index in [0.717, 1.165) is 29.2 Å². The summed E-state index contributed by atoms with van der Waals surface area (Å²) in [4.78, 5) is 0. The molecule has 142 valence electrons. The number of hydrogen-bond donors (Lipinski definition) is 3. The van der Waals surface area contributed by atoms with Crippen LogP contribution in [-0.4, -0.2) is 24.7 Å². The average molecular weight is 396 g/mol. The van der Waals surface area contributed by atoms with Gasteiger partial charge in [-0.05, 0) is 30.9 Å². The molecule has 26 heavy (non-hydrogen) atoms. The first-order valence-electron chi connectivity index (χ1n) is 8.87. The van der Waals surface area contributed by atoms with Crippen LogP contribution in [0.1, 0.15) is 44.6 Å². The van der Waals surface area contributed by atoms with E-state index in [4.69, 9.17) is 5.73 Å². The predicted molar refractivity (Wildman–Crippen MR) is 104 cm³/mol. The van der Waals surface area contributed by atoms with Crippen LogP contribution in [0.3, 0.4) is 0 Å². The zero-order chi connectivity index (χ0) is 18.6. The summed E-state index contributed by atoms with van der Waals surface area (Å²) in [5.74, 6) is 0.814. The molecule has 9 heteroatoms. The van der Waals surface area contributed by atoms with Crippen LogP contribution in [0.2, 0.25) is 0 Å². The Morgan fingerprint density at radius 3 is 2.69 bits per heavy atom. The largest absolute Gasteiger partial charge is 0.374 e. The Morgan fingerprint density at radius 1 is 1.27 bits per heavy atom. The lowest BCUT2D eigenvalue weighted by atomic mass is 9.99. The molecule has 1 aromatic heterocycles. The Morgan fingerprint density at radius 2 is 2.00 bits per heavy atom. The van der Waals surface area contributed by atoms with E-state index in [-0.39, 0.29) is 9.47 Å². The van der Waals surface area contributed by atoms with Crippen LogP contribution in [-0.2, 0) is 16.6 Å². The van der Waals surface area contributed by atoms with E-state index in [1.165, 1.54) is 25.7 Å². The molecule has 3 rings (SSSR count). The van der Waals surface area contributed by atoms with Crippen molar-refractivity contribution in [2.24, 2.45) is 5.92 Å². The van der Waals surface area contributed by atoms with Gasteiger partial charge >= 0.3 is 0 Å². The van der Waals surface area contributed by atoms with Crippen molar-refractivity contribution in [3.05, 3.63) is 29.8 Å². The maximum atomic E-state index is 12.5. The first-order chi connectivity index (χ1) is 12.4. The second kappa shape index (κ2) is 8.32. The summed E-state index contributed by atoms with van der Waals surface area (Å²) in [5.41, 5.74) is 6.93. The molecule has 2 aromatic rings. The fraction of sp³-hybridized carbons (Fsp3) is 0.529. The number of anilines is 2. The van der Waals surface area contributed by atoms with Gasteiger partial charge in [-0.3, -0.25) is 4.72 Å². The van der Waals surface area contributed by atoms with Crippen molar-refractivity contribution in [3.8, 4) is 0 Å². The van der Waals surface area contributed by atoms with Gasteiger partial charge in [0.1, 0.15) is 0 Å². The van der Waals surface area contributed by atoms with Crippen LogP contribution in [0.15, 0.2) is 28.6 Å². The number of nitrogens with two attached hydrogens (primary N) is 1. The Labute approximate surface area is 158 Å². The third kappa shape index (κ3) is 4.93. The monoisotopic (exact) mass is 395 g/mol. The number of nitrogens with one attached hydrogen (secondary N) is 2. The van der Waals surface area contributed by atoms with E-state index >= 15 is 0 Å². The minimum Gasteiger partial charge on any atom is -0.374 e. The lowest BCUT2D eigenvalue weighted by molar-refractivity contribution is 0.404. The Hall–Kier alpha value is -1.71. The molecule has 0 radical (unpaired) electrons. The number of para-hydroxylation sites is 1. The molecular weight excluding hydrogens is 370 g/mol. The molecule has 1 aliphatic carbocycles. The normalized spacial score (nSPS) is 16.7. The Kier molecular flexibility index (Phi) is 6.10.